The first kappa shape index (κ1) is 9.13. The molecule has 0 fully saturated rings. The lowest BCUT2D eigenvalue weighted by molar-refractivity contribution is 1.22. The third kappa shape index (κ3) is 1.48. The van der Waals surface area contributed by atoms with E-state index in [2.05, 4.69) is 19.1 Å². The molecule has 0 bridgehead atoms. The molecule has 0 spiro atoms. The summed E-state index contributed by atoms with van der Waals surface area (Å²) in [6.45, 7) is 2.14. The molecule has 1 aromatic rings. The van der Waals surface area contributed by atoms with Crippen LogP contribution in [0.25, 0.3) is 5.57 Å². The zero-order valence-electron chi connectivity index (χ0n) is 8.27. The lowest BCUT2D eigenvalue weighted by Crippen LogP contribution is -2.15. The predicted molar refractivity (Wildman–Crippen MR) is 62.1 cm³/mol. The van der Waals surface area contributed by atoms with Gasteiger partial charge in [0.2, 0.25) is 7.98 Å². The molecule has 0 atom stereocenters. The lowest BCUT2D eigenvalue weighted by Gasteiger charge is -2.24. The van der Waals surface area contributed by atoms with Crippen molar-refractivity contribution >= 4 is 19.2 Å². The predicted octanol–water partition coefficient (Wildman–Crippen LogP) is 2.90. The van der Waals surface area contributed by atoms with Crippen LogP contribution in [0.2, 0.25) is 0 Å². The summed E-state index contributed by atoms with van der Waals surface area (Å²) in [7, 11) is 5.82. The van der Waals surface area contributed by atoms with Gasteiger partial charge in [0.05, 0.1) is 0 Å². The average molecular weight is 181 g/mol. The zero-order chi connectivity index (χ0) is 9.97. The van der Waals surface area contributed by atoms with Gasteiger partial charge in [0.25, 0.3) is 0 Å². The summed E-state index contributed by atoms with van der Waals surface area (Å²) in [6.07, 6.45) is 7.19. The molecule has 2 heteroatoms. The van der Waals surface area contributed by atoms with Crippen LogP contribution >= 0.6 is 0 Å². The fourth-order valence-corrected chi connectivity index (χ4v) is 1.67. The number of para-hydroxylation sites is 1. The molecule has 2 rings (SSSR count). The number of rotatable bonds is 1. The maximum absolute atomic E-state index is 5.82. The molecular formula is C12H12BN. The van der Waals surface area contributed by atoms with Gasteiger partial charge in [-0.25, -0.2) is 0 Å². The molecule has 1 aromatic carbocycles. The van der Waals surface area contributed by atoms with E-state index in [-0.39, 0.29) is 0 Å². The number of allylic oxidation sites excluding steroid dienone is 3. The monoisotopic (exact) mass is 181 g/mol. The summed E-state index contributed by atoms with van der Waals surface area (Å²) in [5, 5.41) is 0. The average Bonchev–Trinajstić information content (AvgIpc) is 2.23. The van der Waals surface area contributed by atoms with Crippen molar-refractivity contribution in [2.45, 2.75) is 13.3 Å². The first-order valence-corrected chi connectivity index (χ1v) is 4.84. The number of hydrogen-bond acceptors (Lipinski definition) is 1. The molecule has 14 heavy (non-hydrogen) atoms. The van der Waals surface area contributed by atoms with Gasteiger partial charge in [-0.1, -0.05) is 31.2 Å². The van der Waals surface area contributed by atoms with Gasteiger partial charge in [0.15, 0.2) is 0 Å². The second-order valence-corrected chi connectivity index (χ2v) is 3.31. The van der Waals surface area contributed by atoms with E-state index in [1.165, 1.54) is 11.1 Å². The minimum absolute atomic E-state index is 1.04. The Hall–Kier alpha value is -1.44. The van der Waals surface area contributed by atoms with E-state index in [0.29, 0.717) is 0 Å². The van der Waals surface area contributed by atoms with E-state index in [1.54, 1.807) is 4.81 Å². The first-order valence-electron chi connectivity index (χ1n) is 4.84. The van der Waals surface area contributed by atoms with Gasteiger partial charge in [-0.15, -0.1) is 0 Å². The van der Waals surface area contributed by atoms with Crippen molar-refractivity contribution in [2.24, 2.45) is 0 Å². The molecule has 0 amide bonds. The Bertz CT molecular complexity index is 393. The van der Waals surface area contributed by atoms with Crippen molar-refractivity contribution in [3.63, 3.8) is 0 Å². The number of anilines is 1. The van der Waals surface area contributed by atoms with Crippen LogP contribution < -0.4 is 4.81 Å². The minimum Gasteiger partial charge on any atom is -0.403 e. The van der Waals surface area contributed by atoms with E-state index in [4.69, 9.17) is 7.98 Å². The second kappa shape index (κ2) is 3.75. The van der Waals surface area contributed by atoms with Crippen LogP contribution in [-0.2, 0) is 0 Å². The van der Waals surface area contributed by atoms with Crippen LogP contribution in [0, 0.1) is 0 Å². The van der Waals surface area contributed by atoms with Gasteiger partial charge < -0.3 is 4.81 Å². The normalized spacial score (nSPS) is 17.2. The van der Waals surface area contributed by atoms with Gasteiger partial charge >= 0.3 is 0 Å². The molecule has 0 saturated heterocycles. The molecule has 0 aromatic heterocycles. The highest BCUT2D eigenvalue weighted by atomic mass is 15.0. The van der Waals surface area contributed by atoms with Crippen molar-refractivity contribution in [2.75, 3.05) is 4.81 Å². The number of hydrogen-bond donors (Lipinski definition) is 0. The highest BCUT2D eigenvalue weighted by molar-refractivity contribution is 6.20. The van der Waals surface area contributed by atoms with Gasteiger partial charge in [-0.05, 0) is 30.3 Å². The number of benzene rings is 1. The first-order chi connectivity index (χ1) is 6.83. The van der Waals surface area contributed by atoms with Crippen LogP contribution in [0.3, 0.4) is 0 Å². The van der Waals surface area contributed by atoms with E-state index in [1.807, 2.05) is 30.5 Å². The standard InChI is InChI=1S/C12H12BN/c1-2-5-10-8-9-14(13)12-7-4-3-6-11(10)12/h3-9H,2H2,1H3/b10-5-. The van der Waals surface area contributed by atoms with Gasteiger partial charge in [-0.3, -0.25) is 0 Å². The van der Waals surface area contributed by atoms with E-state index in [0.717, 1.165) is 12.1 Å². The van der Waals surface area contributed by atoms with Crippen LogP contribution in [0.1, 0.15) is 18.9 Å². The second-order valence-electron chi connectivity index (χ2n) is 3.31. The SMILES string of the molecule is [B]N1C=C/C(=C/CC)c2ccccc21. The van der Waals surface area contributed by atoms with Crippen LogP contribution in [0.15, 0.2) is 42.6 Å². The van der Waals surface area contributed by atoms with E-state index < -0.39 is 0 Å². The lowest BCUT2D eigenvalue weighted by atomic mass is 9.97. The van der Waals surface area contributed by atoms with Crippen molar-refractivity contribution in [3.05, 3.63) is 48.2 Å². The molecule has 0 unspecified atom stereocenters. The van der Waals surface area contributed by atoms with Crippen molar-refractivity contribution in [1.82, 2.24) is 0 Å². The quantitative estimate of drug-likeness (QED) is 0.602. The largest absolute Gasteiger partial charge is 0.403 e. The van der Waals surface area contributed by atoms with Crippen molar-refractivity contribution in [3.8, 4) is 0 Å². The van der Waals surface area contributed by atoms with Crippen LogP contribution in [-0.4, -0.2) is 7.98 Å². The molecule has 0 N–H and O–H groups in total. The Labute approximate surface area is 86.2 Å². The van der Waals surface area contributed by atoms with E-state index >= 15 is 0 Å². The zero-order valence-corrected chi connectivity index (χ0v) is 8.27. The summed E-state index contributed by atoms with van der Waals surface area (Å²) in [6, 6.07) is 8.17. The fourth-order valence-electron chi connectivity index (χ4n) is 1.67. The molecule has 1 nitrogen and oxygen atoms in total. The fraction of sp³-hybridized carbons (Fsp3) is 0.167. The van der Waals surface area contributed by atoms with E-state index in [9.17, 15) is 0 Å². The summed E-state index contributed by atoms with van der Waals surface area (Å²) < 4.78 is 0. The van der Waals surface area contributed by atoms with Gasteiger partial charge in [0.1, 0.15) is 0 Å². The summed E-state index contributed by atoms with van der Waals surface area (Å²) in [5.74, 6) is 0. The Kier molecular flexibility index (Phi) is 2.44. The van der Waals surface area contributed by atoms with Crippen LogP contribution in [0.4, 0.5) is 5.69 Å². The molecule has 2 radical (unpaired) electrons. The van der Waals surface area contributed by atoms with Crippen molar-refractivity contribution in [1.29, 1.82) is 0 Å². The summed E-state index contributed by atoms with van der Waals surface area (Å²) in [5.41, 5.74) is 3.53. The highest BCUT2D eigenvalue weighted by Crippen LogP contribution is 2.31. The number of fused-ring (bicyclic) bond motifs is 1. The number of nitrogens with zero attached hydrogens (tertiary/aromatic N) is 1. The Morgan fingerprint density at radius 2 is 2.14 bits per heavy atom. The Morgan fingerprint density at radius 1 is 1.36 bits per heavy atom. The maximum atomic E-state index is 5.82. The molecule has 0 saturated carbocycles. The van der Waals surface area contributed by atoms with Crippen molar-refractivity contribution < 1.29 is 0 Å². The van der Waals surface area contributed by atoms with Gasteiger partial charge in [-0.2, -0.15) is 0 Å². The molecule has 1 aliphatic heterocycles. The summed E-state index contributed by atoms with van der Waals surface area (Å²) in [4.78, 5) is 1.66. The summed E-state index contributed by atoms with van der Waals surface area (Å²) >= 11 is 0. The highest BCUT2D eigenvalue weighted by Gasteiger charge is 2.10. The van der Waals surface area contributed by atoms with Gasteiger partial charge in [0, 0.05) is 11.3 Å². The molecule has 68 valence electrons. The third-order valence-corrected chi connectivity index (χ3v) is 2.33. The molecular weight excluding hydrogens is 169 g/mol. The third-order valence-electron chi connectivity index (χ3n) is 2.33. The molecule has 1 aliphatic rings. The smallest absolute Gasteiger partial charge is 0.234 e. The van der Waals surface area contributed by atoms with Crippen LogP contribution in [0.5, 0.6) is 0 Å². The Morgan fingerprint density at radius 3 is 2.93 bits per heavy atom. The molecule has 0 aliphatic carbocycles. The Balaban J connectivity index is 2.53. The topological polar surface area (TPSA) is 3.24 Å². The molecule has 1 heterocycles. The minimum atomic E-state index is 1.04. The maximum Gasteiger partial charge on any atom is 0.234 e.